The van der Waals surface area contributed by atoms with Crippen LogP contribution in [-0.4, -0.2) is 35.6 Å². The van der Waals surface area contributed by atoms with Gasteiger partial charge in [0.2, 0.25) is 5.90 Å². The van der Waals surface area contributed by atoms with Crippen molar-refractivity contribution in [3.05, 3.63) is 108 Å². The topological polar surface area (TPSA) is 70.9 Å². The van der Waals surface area contributed by atoms with Crippen LogP contribution in [0.2, 0.25) is 0 Å². The molecule has 0 saturated heterocycles. The zero-order valence-electron chi connectivity index (χ0n) is 16.6. The average Bonchev–Trinajstić information content (AvgIpc) is 3.20. The van der Waals surface area contributed by atoms with Crippen LogP contribution in [0.3, 0.4) is 0 Å². The molecule has 1 aliphatic heterocycles. The number of rotatable bonds is 7. The molecule has 0 fully saturated rings. The van der Waals surface area contributed by atoms with E-state index in [1.165, 1.54) is 0 Å². The third-order valence-corrected chi connectivity index (χ3v) is 5.19. The van der Waals surface area contributed by atoms with E-state index < -0.39 is 11.6 Å². The van der Waals surface area contributed by atoms with Crippen molar-refractivity contribution >= 4 is 11.8 Å². The van der Waals surface area contributed by atoms with Gasteiger partial charge in [-0.2, -0.15) is 0 Å². The summed E-state index contributed by atoms with van der Waals surface area (Å²) < 4.78 is 6.35. The summed E-state index contributed by atoms with van der Waals surface area (Å²) in [6.07, 6.45) is -0.214. The second-order valence-corrected chi connectivity index (χ2v) is 7.26. The van der Waals surface area contributed by atoms with Crippen LogP contribution < -0.4 is 5.32 Å². The monoisotopic (exact) mass is 400 g/mol. The number of aliphatic hydroxyl groups excluding tert-OH is 1. The number of amides is 1. The van der Waals surface area contributed by atoms with E-state index in [-0.39, 0.29) is 19.1 Å². The van der Waals surface area contributed by atoms with Gasteiger partial charge in [0.05, 0.1) is 6.61 Å². The van der Waals surface area contributed by atoms with Gasteiger partial charge in [0.25, 0.3) is 5.91 Å². The molecule has 0 saturated carbocycles. The Morgan fingerprint density at radius 1 is 0.933 bits per heavy atom. The molecular formula is C25H24N2O3. The van der Waals surface area contributed by atoms with Crippen molar-refractivity contribution in [2.24, 2.45) is 4.99 Å². The molecule has 4 rings (SSSR count). The molecule has 5 heteroatoms. The number of benzene rings is 3. The van der Waals surface area contributed by atoms with Crippen LogP contribution in [-0.2, 0) is 16.0 Å². The van der Waals surface area contributed by atoms with Gasteiger partial charge in [-0.3, -0.25) is 4.79 Å². The molecule has 0 unspecified atom stereocenters. The second-order valence-electron chi connectivity index (χ2n) is 7.26. The molecule has 0 aliphatic carbocycles. The molecule has 5 nitrogen and oxygen atoms in total. The summed E-state index contributed by atoms with van der Waals surface area (Å²) in [5, 5.41) is 12.1. The third-order valence-electron chi connectivity index (χ3n) is 5.19. The maximum Gasteiger partial charge on any atom is 0.252 e. The molecule has 0 aromatic heterocycles. The zero-order valence-corrected chi connectivity index (χ0v) is 16.6. The smallest absolute Gasteiger partial charge is 0.252 e. The van der Waals surface area contributed by atoms with Gasteiger partial charge >= 0.3 is 0 Å². The number of carbonyl (C=O) groups is 1. The number of carbonyl (C=O) groups excluding carboxylic acids is 1. The highest BCUT2D eigenvalue weighted by molar-refractivity contribution is 6.01. The Hall–Kier alpha value is -3.44. The van der Waals surface area contributed by atoms with Gasteiger partial charge in [0.15, 0.2) is 11.6 Å². The van der Waals surface area contributed by atoms with E-state index in [1.54, 1.807) is 0 Å². The van der Waals surface area contributed by atoms with E-state index in [9.17, 15) is 9.90 Å². The molecule has 1 aliphatic rings. The minimum absolute atomic E-state index is 0.140. The predicted octanol–water partition coefficient (Wildman–Crippen LogP) is 3.29. The normalized spacial score (nSPS) is 20.3. The molecule has 0 spiro atoms. The molecule has 2 atom stereocenters. The van der Waals surface area contributed by atoms with E-state index in [0.29, 0.717) is 12.3 Å². The Bertz CT molecular complexity index is 1010. The molecule has 3 aromatic carbocycles. The van der Waals surface area contributed by atoms with Crippen molar-refractivity contribution in [3.63, 3.8) is 0 Å². The van der Waals surface area contributed by atoms with Gasteiger partial charge < -0.3 is 15.2 Å². The summed E-state index contributed by atoms with van der Waals surface area (Å²) in [7, 11) is 0. The first-order chi connectivity index (χ1) is 14.7. The van der Waals surface area contributed by atoms with Crippen LogP contribution in [0.25, 0.3) is 0 Å². The fourth-order valence-corrected chi connectivity index (χ4v) is 3.77. The van der Waals surface area contributed by atoms with Gasteiger partial charge in [-0.1, -0.05) is 78.9 Å². The molecule has 3 aromatic rings. The fraction of sp³-hybridized carbons (Fsp3) is 0.200. The molecule has 1 heterocycles. The maximum atomic E-state index is 13.5. The number of ether oxygens (including phenoxy) is 1. The summed E-state index contributed by atoms with van der Waals surface area (Å²) in [5.41, 5.74) is 1.49. The number of nitrogens with zero attached hydrogens (tertiary/aromatic N) is 1. The molecule has 30 heavy (non-hydrogen) atoms. The lowest BCUT2D eigenvalue weighted by Gasteiger charge is -2.30. The lowest BCUT2D eigenvalue weighted by Crippen LogP contribution is -2.50. The quantitative estimate of drug-likeness (QED) is 0.639. The Morgan fingerprint density at radius 2 is 1.53 bits per heavy atom. The molecule has 0 bridgehead atoms. The first-order valence-electron chi connectivity index (χ1n) is 10.0. The summed E-state index contributed by atoms with van der Waals surface area (Å²) in [4.78, 5) is 18.4. The van der Waals surface area contributed by atoms with E-state index in [2.05, 4.69) is 5.32 Å². The van der Waals surface area contributed by atoms with Gasteiger partial charge in [-0.15, -0.1) is 0 Å². The Balaban J connectivity index is 1.84. The fourth-order valence-electron chi connectivity index (χ4n) is 3.77. The van der Waals surface area contributed by atoms with Crippen LogP contribution >= 0.6 is 0 Å². The van der Waals surface area contributed by atoms with Crippen LogP contribution in [0.5, 0.6) is 0 Å². The number of hydrogen-bond acceptors (Lipinski definition) is 4. The number of nitrogens with one attached hydrogen (secondary N) is 1. The van der Waals surface area contributed by atoms with Crippen molar-refractivity contribution in [3.8, 4) is 0 Å². The third kappa shape index (κ3) is 3.98. The minimum Gasteiger partial charge on any atom is -0.466 e. The highest BCUT2D eigenvalue weighted by atomic mass is 16.5. The number of aliphatic hydroxyl groups is 1. The van der Waals surface area contributed by atoms with E-state index in [0.717, 1.165) is 16.7 Å². The van der Waals surface area contributed by atoms with Crippen LogP contribution in [0.15, 0.2) is 96.0 Å². The van der Waals surface area contributed by atoms with E-state index in [1.807, 2.05) is 91.0 Å². The lowest BCUT2D eigenvalue weighted by atomic mass is 9.82. The Morgan fingerprint density at radius 3 is 2.17 bits per heavy atom. The van der Waals surface area contributed by atoms with E-state index in [4.69, 9.17) is 9.73 Å². The maximum absolute atomic E-state index is 13.5. The summed E-state index contributed by atoms with van der Waals surface area (Å²) >= 11 is 0. The molecule has 0 radical (unpaired) electrons. The van der Waals surface area contributed by atoms with Crippen LogP contribution in [0, 0.1) is 0 Å². The van der Waals surface area contributed by atoms with Gasteiger partial charge in [-0.05, 0) is 23.3 Å². The first kappa shape index (κ1) is 19.9. The highest BCUT2D eigenvalue weighted by Crippen LogP contribution is 2.42. The van der Waals surface area contributed by atoms with Gasteiger partial charge in [0.1, 0.15) is 0 Å². The largest absolute Gasteiger partial charge is 0.466 e. The van der Waals surface area contributed by atoms with Gasteiger partial charge in [0, 0.05) is 18.5 Å². The van der Waals surface area contributed by atoms with Crippen molar-refractivity contribution < 1.29 is 14.6 Å². The summed E-state index contributed by atoms with van der Waals surface area (Å²) in [6.45, 7) is 0.0202. The first-order valence-corrected chi connectivity index (χ1v) is 10.0. The standard InChI is InChI=1S/C25H24N2O3/c28-17-16-26-24(29)25(18-19-10-4-1-5-11-19)22(20-12-6-2-7-13-20)30-23(27-25)21-14-8-3-9-15-21/h1-15,22,28H,16-18H2,(H,26,29)/t22-,25-/m0/s1. The number of aliphatic imine (C=N–C) groups is 1. The minimum atomic E-state index is -1.19. The molecule has 2 N–H and O–H groups in total. The van der Waals surface area contributed by atoms with Crippen molar-refractivity contribution in [1.29, 1.82) is 0 Å². The predicted molar refractivity (Wildman–Crippen MR) is 116 cm³/mol. The lowest BCUT2D eigenvalue weighted by molar-refractivity contribution is -0.129. The molecular weight excluding hydrogens is 376 g/mol. The second kappa shape index (κ2) is 8.93. The molecule has 1 amide bonds. The van der Waals surface area contributed by atoms with Crippen molar-refractivity contribution in [2.45, 2.75) is 18.1 Å². The SMILES string of the molecule is O=C(NCCO)[C@@]1(Cc2ccccc2)N=C(c2ccccc2)O[C@H]1c1ccccc1. The van der Waals surface area contributed by atoms with Crippen LogP contribution in [0.1, 0.15) is 22.8 Å². The van der Waals surface area contributed by atoms with Crippen molar-refractivity contribution in [1.82, 2.24) is 5.32 Å². The Labute approximate surface area is 176 Å². The summed E-state index contributed by atoms with van der Waals surface area (Å²) in [6, 6.07) is 29.1. The van der Waals surface area contributed by atoms with E-state index >= 15 is 0 Å². The Kier molecular flexibility index (Phi) is 5.91. The zero-order chi connectivity index (χ0) is 20.8. The number of hydrogen-bond donors (Lipinski definition) is 2. The van der Waals surface area contributed by atoms with Crippen molar-refractivity contribution in [2.75, 3.05) is 13.2 Å². The van der Waals surface area contributed by atoms with Gasteiger partial charge in [-0.25, -0.2) is 4.99 Å². The summed E-state index contributed by atoms with van der Waals surface area (Å²) in [5.74, 6) is 0.180. The highest BCUT2D eigenvalue weighted by Gasteiger charge is 2.53. The van der Waals surface area contributed by atoms with Crippen LogP contribution in [0.4, 0.5) is 0 Å². The average molecular weight is 400 g/mol. The molecule has 152 valence electrons.